The number of fused-ring (bicyclic) bond motifs is 1. The predicted molar refractivity (Wildman–Crippen MR) is 48.9 cm³/mol. The Morgan fingerprint density at radius 3 is 2.85 bits per heavy atom. The highest BCUT2D eigenvalue weighted by Crippen LogP contribution is 2.23. The van der Waals surface area contributed by atoms with Gasteiger partial charge in [-0.05, 0) is 18.6 Å². The molecule has 0 radical (unpaired) electrons. The van der Waals surface area contributed by atoms with Crippen molar-refractivity contribution in [2.75, 3.05) is 0 Å². The number of aliphatic hydroxyl groups is 1. The Morgan fingerprint density at radius 2 is 2.23 bits per heavy atom. The number of hydrogen-bond acceptors (Lipinski definition) is 1. The van der Waals surface area contributed by atoms with Gasteiger partial charge in [-0.1, -0.05) is 12.1 Å². The minimum Gasteiger partial charge on any atom is -0.390 e. The molecule has 0 saturated carbocycles. The maximum atomic E-state index is 13.2. The second kappa shape index (κ2) is 2.85. The average molecular weight is 179 g/mol. The van der Waals surface area contributed by atoms with Crippen molar-refractivity contribution < 1.29 is 9.50 Å². The van der Waals surface area contributed by atoms with Gasteiger partial charge in [0.25, 0.3) is 0 Å². The largest absolute Gasteiger partial charge is 0.390 e. The van der Waals surface area contributed by atoms with Crippen molar-refractivity contribution in [1.29, 1.82) is 0 Å². The highest BCUT2D eigenvalue weighted by atomic mass is 19.1. The molecule has 0 atom stereocenters. The fourth-order valence-corrected chi connectivity index (χ4v) is 1.53. The van der Waals surface area contributed by atoms with Crippen LogP contribution in [0.2, 0.25) is 0 Å². The van der Waals surface area contributed by atoms with Crippen LogP contribution in [0.4, 0.5) is 4.39 Å². The fourth-order valence-electron chi connectivity index (χ4n) is 1.53. The number of benzene rings is 1. The van der Waals surface area contributed by atoms with Crippen LogP contribution in [-0.4, -0.2) is 10.1 Å². The number of para-hydroxylation sites is 1. The normalized spacial score (nSPS) is 11.0. The number of halogens is 1. The van der Waals surface area contributed by atoms with Crippen LogP contribution in [0, 0.1) is 12.7 Å². The van der Waals surface area contributed by atoms with E-state index in [-0.39, 0.29) is 12.4 Å². The van der Waals surface area contributed by atoms with Crippen LogP contribution in [0.3, 0.4) is 0 Å². The molecule has 0 unspecified atom stereocenters. The molecule has 0 aliphatic carbocycles. The Labute approximate surface area is 75.0 Å². The number of aryl methyl sites for hydroxylation is 1. The van der Waals surface area contributed by atoms with E-state index in [0.717, 1.165) is 10.9 Å². The van der Waals surface area contributed by atoms with Crippen LogP contribution in [0.5, 0.6) is 0 Å². The second-order valence-corrected chi connectivity index (χ2v) is 3.05. The highest BCUT2D eigenvalue weighted by Gasteiger charge is 2.08. The summed E-state index contributed by atoms with van der Waals surface area (Å²) in [5, 5.41) is 9.79. The van der Waals surface area contributed by atoms with Gasteiger partial charge in [-0.15, -0.1) is 0 Å². The van der Waals surface area contributed by atoms with Crippen molar-refractivity contribution in [3.8, 4) is 0 Å². The monoisotopic (exact) mass is 179 g/mol. The minimum atomic E-state index is -0.277. The van der Waals surface area contributed by atoms with Gasteiger partial charge >= 0.3 is 0 Å². The summed E-state index contributed by atoms with van der Waals surface area (Å²) in [5.41, 5.74) is 2.07. The molecule has 2 nitrogen and oxygen atoms in total. The van der Waals surface area contributed by atoms with Gasteiger partial charge in [-0.2, -0.15) is 0 Å². The van der Waals surface area contributed by atoms with Gasteiger partial charge in [0.15, 0.2) is 0 Å². The van der Waals surface area contributed by atoms with Crippen molar-refractivity contribution in [2.24, 2.45) is 0 Å². The van der Waals surface area contributed by atoms with Crippen LogP contribution in [0.25, 0.3) is 10.9 Å². The molecule has 13 heavy (non-hydrogen) atoms. The number of aliphatic hydroxyl groups excluding tert-OH is 1. The average Bonchev–Trinajstić information content (AvgIpc) is 2.45. The molecule has 2 N–H and O–H groups in total. The van der Waals surface area contributed by atoms with Crippen LogP contribution >= 0.6 is 0 Å². The molecule has 0 fully saturated rings. The lowest BCUT2D eigenvalue weighted by molar-refractivity contribution is 0.277. The van der Waals surface area contributed by atoms with Crippen molar-refractivity contribution in [3.05, 3.63) is 35.3 Å². The Hall–Kier alpha value is -1.35. The van der Waals surface area contributed by atoms with E-state index in [0.29, 0.717) is 11.2 Å². The van der Waals surface area contributed by atoms with Crippen LogP contribution in [-0.2, 0) is 6.61 Å². The first-order valence-electron chi connectivity index (χ1n) is 4.10. The molecule has 0 bridgehead atoms. The SMILES string of the molecule is Cc1c(CO)[nH]c2c(F)cccc12. The van der Waals surface area contributed by atoms with E-state index in [4.69, 9.17) is 5.11 Å². The lowest BCUT2D eigenvalue weighted by Gasteiger charge is -1.91. The van der Waals surface area contributed by atoms with Crippen molar-refractivity contribution in [3.63, 3.8) is 0 Å². The molecule has 0 aliphatic rings. The van der Waals surface area contributed by atoms with E-state index < -0.39 is 0 Å². The molecule has 1 aromatic carbocycles. The number of aromatic amines is 1. The molecule has 2 aromatic rings. The maximum Gasteiger partial charge on any atom is 0.147 e. The summed E-state index contributed by atoms with van der Waals surface area (Å²) >= 11 is 0. The second-order valence-electron chi connectivity index (χ2n) is 3.05. The van der Waals surface area contributed by atoms with Gasteiger partial charge in [0.05, 0.1) is 12.1 Å². The smallest absolute Gasteiger partial charge is 0.147 e. The summed E-state index contributed by atoms with van der Waals surface area (Å²) in [6, 6.07) is 4.91. The van der Waals surface area contributed by atoms with E-state index in [1.54, 1.807) is 6.07 Å². The van der Waals surface area contributed by atoms with Crippen molar-refractivity contribution >= 4 is 10.9 Å². The van der Waals surface area contributed by atoms with Crippen LogP contribution < -0.4 is 0 Å². The van der Waals surface area contributed by atoms with Gasteiger partial charge < -0.3 is 10.1 Å². The number of H-pyrrole nitrogens is 1. The van der Waals surface area contributed by atoms with Crippen LogP contribution in [0.15, 0.2) is 18.2 Å². The third kappa shape index (κ3) is 1.12. The number of aromatic nitrogens is 1. The van der Waals surface area contributed by atoms with Crippen LogP contribution in [0.1, 0.15) is 11.3 Å². The molecule has 68 valence electrons. The Morgan fingerprint density at radius 1 is 1.46 bits per heavy atom. The van der Waals surface area contributed by atoms with E-state index in [1.165, 1.54) is 6.07 Å². The lowest BCUT2D eigenvalue weighted by Crippen LogP contribution is -1.84. The molecular formula is C10H10FNO. The molecule has 0 aliphatic heterocycles. The van der Waals surface area contributed by atoms with Crippen molar-refractivity contribution in [2.45, 2.75) is 13.5 Å². The predicted octanol–water partition coefficient (Wildman–Crippen LogP) is 2.11. The summed E-state index contributed by atoms with van der Waals surface area (Å²) in [6.07, 6.45) is 0. The van der Waals surface area contributed by atoms with Gasteiger partial charge in [0.1, 0.15) is 5.82 Å². The number of hydrogen-bond donors (Lipinski definition) is 2. The standard InChI is InChI=1S/C10H10FNO/c1-6-7-3-2-4-8(11)10(7)12-9(6)5-13/h2-4,12-13H,5H2,1H3. The Balaban J connectivity index is 2.83. The summed E-state index contributed by atoms with van der Waals surface area (Å²) < 4.78 is 13.2. The molecular weight excluding hydrogens is 169 g/mol. The van der Waals surface area contributed by atoms with Crippen molar-refractivity contribution in [1.82, 2.24) is 4.98 Å². The van der Waals surface area contributed by atoms with Gasteiger partial charge in [-0.3, -0.25) is 0 Å². The fraction of sp³-hybridized carbons (Fsp3) is 0.200. The summed E-state index contributed by atoms with van der Waals surface area (Å²) in [4.78, 5) is 2.86. The number of nitrogens with one attached hydrogen (secondary N) is 1. The first-order valence-corrected chi connectivity index (χ1v) is 4.10. The zero-order valence-corrected chi connectivity index (χ0v) is 7.26. The minimum absolute atomic E-state index is 0.0834. The zero-order chi connectivity index (χ0) is 9.42. The lowest BCUT2D eigenvalue weighted by atomic mass is 10.1. The first-order chi connectivity index (χ1) is 6.24. The molecule has 0 amide bonds. The summed E-state index contributed by atoms with van der Waals surface area (Å²) in [6.45, 7) is 1.78. The Kier molecular flexibility index (Phi) is 1.81. The van der Waals surface area contributed by atoms with Gasteiger partial charge in [0, 0.05) is 11.1 Å². The van der Waals surface area contributed by atoms with E-state index in [2.05, 4.69) is 4.98 Å². The third-order valence-corrected chi connectivity index (χ3v) is 2.30. The van der Waals surface area contributed by atoms with E-state index in [9.17, 15) is 4.39 Å². The maximum absolute atomic E-state index is 13.2. The first kappa shape index (κ1) is 8.26. The van der Waals surface area contributed by atoms with E-state index >= 15 is 0 Å². The Bertz CT molecular complexity index is 447. The molecule has 1 aromatic heterocycles. The highest BCUT2D eigenvalue weighted by molar-refractivity contribution is 5.84. The quantitative estimate of drug-likeness (QED) is 0.691. The molecule has 2 rings (SSSR count). The third-order valence-electron chi connectivity index (χ3n) is 2.30. The summed E-state index contributed by atoms with van der Waals surface area (Å²) in [5.74, 6) is -0.277. The molecule has 0 spiro atoms. The van der Waals surface area contributed by atoms with Gasteiger partial charge in [0.2, 0.25) is 0 Å². The zero-order valence-electron chi connectivity index (χ0n) is 7.26. The molecule has 3 heteroatoms. The number of rotatable bonds is 1. The van der Waals surface area contributed by atoms with Gasteiger partial charge in [-0.25, -0.2) is 4.39 Å². The summed E-state index contributed by atoms with van der Waals surface area (Å²) in [7, 11) is 0. The molecule has 0 saturated heterocycles. The van der Waals surface area contributed by atoms with E-state index in [1.807, 2.05) is 13.0 Å². The topological polar surface area (TPSA) is 36.0 Å². The molecule has 1 heterocycles.